The molecule has 0 aliphatic carbocycles. The quantitative estimate of drug-likeness (QED) is 0.297. The second kappa shape index (κ2) is 10.3. The normalized spacial score (nSPS) is 28.9. The first-order valence-electron chi connectivity index (χ1n) is 8.78. The van der Waals surface area contributed by atoms with Crippen molar-refractivity contribution in [2.75, 3.05) is 20.6 Å². The van der Waals surface area contributed by atoms with Crippen LogP contribution in [-0.2, 0) is 14.4 Å². The molecule has 1 fully saturated rings. The van der Waals surface area contributed by atoms with Crippen molar-refractivity contribution in [3.8, 4) is 0 Å². The van der Waals surface area contributed by atoms with Gasteiger partial charge < -0.3 is 35.6 Å². The van der Waals surface area contributed by atoms with E-state index in [0.717, 1.165) is 0 Å². The largest absolute Gasteiger partial charge is 1.00 e. The molecule has 6 atom stereocenters. The van der Waals surface area contributed by atoms with E-state index in [9.17, 15) is 29.7 Å². The molecule has 0 bridgehead atoms. The minimum Gasteiger partial charge on any atom is -0.550 e. The molecule has 0 unspecified atom stereocenters. The van der Waals surface area contributed by atoms with E-state index >= 15 is 0 Å². The van der Waals surface area contributed by atoms with Crippen LogP contribution < -0.4 is 45.3 Å². The number of hydrogen-bond donors (Lipinski definition) is 4. The molecule has 28 heavy (non-hydrogen) atoms. The molecule has 2 aliphatic heterocycles. The van der Waals surface area contributed by atoms with Crippen LogP contribution in [0.4, 0.5) is 0 Å². The summed E-state index contributed by atoms with van der Waals surface area (Å²) in [5, 5.41) is 36.7. The summed E-state index contributed by atoms with van der Waals surface area (Å²) in [5.74, 6) is -4.31. The molecule has 11 heteroatoms. The van der Waals surface area contributed by atoms with Gasteiger partial charge in [-0.2, -0.15) is 0 Å². The van der Waals surface area contributed by atoms with E-state index < -0.39 is 35.9 Å². The van der Waals surface area contributed by atoms with Gasteiger partial charge in [0, 0.05) is 54.6 Å². The molecule has 9 nitrogen and oxygen atoms in total. The number of carboxylic acids is 2. The zero-order valence-electron chi connectivity index (χ0n) is 16.8. The Morgan fingerprint density at radius 1 is 1.32 bits per heavy atom. The number of carboxylic acid groups (broad SMARTS) is 2. The minimum atomic E-state index is -1.43. The summed E-state index contributed by atoms with van der Waals surface area (Å²) in [7, 11) is 3.36. The summed E-state index contributed by atoms with van der Waals surface area (Å²) in [5.41, 5.74) is -0.0493. The Hall–Kier alpha value is -0.780. The van der Waals surface area contributed by atoms with Crippen molar-refractivity contribution in [2.45, 2.75) is 43.7 Å². The van der Waals surface area contributed by atoms with Crippen molar-refractivity contribution < 1.29 is 59.3 Å². The van der Waals surface area contributed by atoms with Crippen LogP contribution in [0, 0.1) is 11.8 Å². The molecule has 152 valence electrons. The van der Waals surface area contributed by atoms with E-state index in [1.54, 1.807) is 21.0 Å². The molecule has 0 aromatic heterocycles. The average molecular weight is 423 g/mol. The Morgan fingerprint density at radius 3 is 2.39 bits per heavy atom. The summed E-state index contributed by atoms with van der Waals surface area (Å²) >= 11 is 1.34. The third kappa shape index (κ3) is 5.43. The number of aliphatic carboxylic acids is 2. The number of nitrogens with zero attached hydrogens (tertiary/aromatic N) is 1. The second-order valence-electron chi connectivity index (χ2n) is 7.26. The first-order valence-corrected chi connectivity index (χ1v) is 9.66. The Bertz CT molecular complexity index is 657. The molecule has 4 N–H and O–H groups in total. The van der Waals surface area contributed by atoms with Crippen molar-refractivity contribution >= 4 is 29.6 Å². The van der Waals surface area contributed by atoms with Gasteiger partial charge in [-0.1, -0.05) is 6.92 Å². The number of hydrogen-bond acceptors (Lipinski definition) is 8. The zero-order chi connectivity index (χ0) is 20.5. The molecular weight excluding hydrogens is 397 g/mol. The van der Waals surface area contributed by atoms with Crippen molar-refractivity contribution in [3.05, 3.63) is 10.6 Å². The smallest absolute Gasteiger partial charge is 0.550 e. The predicted octanol–water partition coefficient (Wildman–Crippen LogP) is -4.81. The van der Waals surface area contributed by atoms with Crippen molar-refractivity contribution in [3.63, 3.8) is 0 Å². The van der Waals surface area contributed by atoms with Gasteiger partial charge in [-0.3, -0.25) is 4.79 Å². The Morgan fingerprint density at radius 2 is 1.93 bits per heavy atom. The Labute approximate surface area is 190 Å². The molecule has 2 heterocycles. The monoisotopic (exact) mass is 423 g/mol. The maximum absolute atomic E-state index is 12.1. The maximum Gasteiger partial charge on any atom is 1.00 e. The van der Waals surface area contributed by atoms with E-state index in [0.29, 0.717) is 17.9 Å². The summed E-state index contributed by atoms with van der Waals surface area (Å²) in [6.07, 6.45) is -0.639. The number of aliphatic hydroxyl groups excluding tert-OH is 1. The molecule has 1 saturated heterocycles. The topological polar surface area (TPSA) is 142 Å². The summed E-state index contributed by atoms with van der Waals surface area (Å²) in [6, 6.07) is -1.10. The van der Waals surface area contributed by atoms with Gasteiger partial charge in [-0.05, 0) is 13.3 Å². The molecule has 1 amide bonds. The number of amides is 1. The fraction of sp³-hybridized carbons (Fsp3) is 0.706. The van der Waals surface area contributed by atoms with E-state index in [1.165, 1.54) is 23.6 Å². The third-order valence-electron chi connectivity index (χ3n) is 5.03. The fourth-order valence-electron chi connectivity index (χ4n) is 3.60. The number of rotatable bonds is 7. The van der Waals surface area contributed by atoms with Crippen LogP contribution in [-0.4, -0.2) is 77.0 Å². The van der Waals surface area contributed by atoms with Gasteiger partial charge in [-0.15, -0.1) is 11.8 Å². The first-order chi connectivity index (χ1) is 12.5. The maximum atomic E-state index is 12.1. The number of likely N-dealkylation sites (N-methyl/N-ethyl adjacent to an activating group) is 1. The van der Waals surface area contributed by atoms with Crippen LogP contribution in [0.3, 0.4) is 0 Å². The van der Waals surface area contributed by atoms with Crippen molar-refractivity contribution in [1.82, 2.24) is 15.5 Å². The molecular formula is C17H26N3NaO6S. The number of carbonyl (C=O) groups is 3. The van der Waals surface area contributed by atoms with Gasteiger partial charge in [0.15, 0.2) is 0 Å². The molecule has 0 aromatic carbocycles. The van der Waals surface area contributed by atoms with Gasteiger partial charge in [0.1, 0.15) is 5.70 Å². The van der Waals surface area contributed by atoms with E-state index in [4.69, 9.17) is 0 Å². The predicted molar refractivity (Wildman–Crippen MR) is 97.4 cm³/mol. The number of aliphatic hydroxyl groups is 1. The van der Waals surface area contributed by atoms with E-state index in [1.807, 2.05) is 0 Å². The van der Waals surface area contributed by atoms with Crippen LogP contribution in [0.5, 0.6) is 0 Å². The molecule has 2 rings (SSSR count). The number of thioether (sulfide) groups is 1. The van der Waals surface area contributed by atoms with Crippen LogP contribution in [0.25, 0.3) is 0 Å². The average Bonchev–Trinajstić information content (AvgIpc) is 3.13. The minimum absolute atomic E-state index is 0. The van der Waals surface area contributed by atoms with Gasteiger partial charge in [0.25, 0.3) is 0 Å². The van der Waals surface area contributed by atoms with E-state index in [2.05, 4.69) is 10.6 Å². The van der Waals surface area contributed by atoms with Crippen LogP contribution in [0.1, 0.15) is 20.3 Å². The fourth-order valence-corrected chi connectivity index (χ4v) is 5.06. The number of nitrogens with one attached hydrogen (secondary N) is 2. The zero-order valence-corrected chi connectivity index (χ0v) is 19.6. The Balaban J connectivity index is 0.00000392. The SMILES string of the molecule is C[C@@H](O)[C@@H](C(=O)[O-])[C@H]1NC(C(=O)O)=C(S[C@@H]2CN[C@H](C(=O)N(C)C)C2)[C@@H]1C.[Na+]. The molecule has 0 saturated carbocycles. The molecule has 0 radical (unpaired) electrons. The summed E-state index contributed by atoms with van der Waals surface area (Å²) < 4.78 is 0. The van der Waals surface area contributed by atoms with E-state index in [-0.39, 0.29) is 52.5 Å². The number of carbonyl (C=O) groups excluding carboxylic acids is 2. The third-order valence-corrected chi connectivity index (χ3v) is 6.55. The molecule has 2 aliphatic rings. The van der Waals surface area contributed by atoms with Crippen molar-refractivity contribution in [1.29, 1.82) is 0 Å². The van der Waals surface area contributed by atoms with Crippen LogP contribution in [0.2, 0.25) is 0 Å². The molecule has 0 aromatic rings. The summed E-state index contributed by atoms with van der Waals surface area (Å²) in [4.78, 5) is 37.2. The van der Waals surface area contributed by atoms with Gasteiger partial charge in [0.05, 0.1) is 12.1 Å². The Kier molecular flexibility index (Phi) is 9.30. The van der Waals surface area contributed by atoms with Gasteiger partial charge in [0.2, 0.25) is 5.91 Å². The van der Waals surface area contributed by atoms with Crippen molar-refractivity contribution in [2.24, 2.45) is 11.8 Å². The van der Waals surface area contributed by atoms with Crippen LogP contribution >= 0.6 is 11.8 Å². The second-order valence-corrected chi connectivity index (χ2v) is 8.60. The van der Waals surface area contributed by atoms with Gasteiger partial charge >= 0.3 is 35.5 Å². The first kappa shape index (κ1) is 25.3. The van der Waals surface area contributed by atoms with Crippen LogP contribution in [0.15, 0.2) is 10.6 Å². The standard InChI is InChI=1S/C17H27N3O6S.Na/c1-7-12(11(8(2)21)16(23)24)19-13(17(25)26)14(7)27-9-5-10(18-6-9)15(22)20(3)4;/h7-12,18-19,21H,5-6H2,1-4H3,(H,23,24)(H,25,26);/q;+1/p-1/t7-,8-,9+,10+,11-,12+;/m1./s1. The van der Waals surface area contributed by atoms with Gasteiger partial charge in [-0.25, -0.2) is 4.79 Å². The molecule has 0 spiro atoms. The summed E-state index contributed by atoms with van der Waals surface area (Å²) in [6.45, 7) is 3.63.